The van der Waals surface area contributed by atoms with Gasteiger partial charge in [-0.3, -0.25) is 4.79 Å². The number of hydrogen-bond acceptors (Lipinski definition) is 3. The maximum atomic E-state index is 11.5. The van der Waals surface area contributed by atoms with Crippen molar-refractivity contribution in [2.24, 2.45) is 0 Å². The third-order valence-electron chi connectivity index (χ3n) is 2.82. The number of likely N-dealkylation sites (tertiary alicyclic amines) is 1. The van der Waals surface area contributed by atoms with Gasteiger partial charge in [-0.1, -0.05) is 0 Å². The standard InChI is InChI=1S/C10H20N2O2/c1-11(2)9-4-6-12(7-5-9)10(13)8-14-3/h9H,4-8H2,1-3H3. The molecule has 4 nitrogen and oxygen atoms in total. The van der Waals surface area contributed by atoms with Gasteiger partial charge in [0.05, 0.1) is 0 Å². The van der Waals surface area contributed by atoms with Gasteiger partial charge in [-0.2, -0.15) is 0 Å². The normalized spacial score (nSPS) is 19.0. The van der Waals surface area contributed by atoms with E-state index in [9.17, 15) is 4.79 Å². The first-order valence-electron chi connectivity index (χ1n) is 5.08. The minimum atomic E-state index is 0.115. The van der Waals surface area contributed by atoms with Crippen LogP contribution in [0.5, 0.6) is 0 Å². The summed E-state index contributed by atoms with van der Waals surface area (Å²) >= 11 is 0. The van der Waals surface area contributed by atoms with Crippen LogP contribution in [0, 0.1) is 0 Å². The molecular formula is C10H20N2O2. The topological polar surface area (TPSA) is 32.8 Å². The Balaban J connectivity index is 2.31. The quantitative estimate of drug-likeness (QED) is 0.652. The lowest BCUT2D eigenvalue weighted by Crippen LogP contribution is -2.45. The molecule has 1 rings (SSSR count). The lowest BCUT2D eigenvalue weighted by Gasteiger charge is -2.35. The van der Waals surface area contributed by atoms with E-state index in [-0.39, 0.29) is 12.5 Å². The number of nitrogens with zero attached hydrogens (tertiary/aromatic N) is 2. The highest BCUT2D eigenvalue weighted by atomic mass is 16.5. The zero-order valence-electron chi connectivity index (χ0n) is 9.32. The van der Waals surface area contributed by atoms with Gasteiger partial charge in [0.1, 0.15) is 6.61 Å². The largest absolute Gasteiger partial charge is 0.375 e. The van der Waals surface area contributed by atoms with Crippen LogP contribution in [0.25, 0.3) is 0 Å². The molecule has 1 heterocycles. The molecule has 0 atom stereocenters. The first-order valence-corrected chi connectivity index (χ1v) is 5.08. The summed E-state index contributed by atoms with van der Waals surface area (Å²) in [6.07, 6.45) is 2.14. The molecule has 0 N–H and O–H groups in total. The van der Waals surface area contributed by atoms with Crippen molar-refractivity contribution in [3.8, 4) is 0 Å². The van der Waals surface area contributed by atoms with Crippen molar-refractivity contribution >= 4 is 5.91 Å². The monoisotopic (exact) mass is 200 g/mol. The summed E-state index contributed by atoms with van der Waals surface area (Å²) in [4.78, 5) is 15.6. The molecule has 4 heteroatoms. The Morgan fingerprint density at radius 1 is 1.43 bits per heavy atom. The molecule has 0 aromatic carbocycles. The van der Waals surface area contributed by atoms with Crippen LogP contribution in [0.4, 0.5) is 0 Å². The molecule has 0 saturated carbocycles. The Labute approximate surface area is 85.8 Å². The number of hydrogen-bond donors (Lipinski definition) is 0. The minimum Gasteiger partial charge on any atom is -0.375 e. The summed E-state index contributed by atoms with van der Waals surface area (Å²) in [6.45, 7) is 1.95. The van der Waals surface area contributed by atoms with Gasteiger partial charge < -0.3 is 14.5 Å². The fourth-order valence-corrected chi connectivity index (χ4v) is 1.85. The summed E-state index contributed by atoms with van der Waals surface area (Å²) < 4.78 is 4.83. The Morgan fingerprint density at radius 3 is 2.43 bits per heavy atom. The van der Waals surface area contributed by atoms with E-state index < -0.39 is 0 Å². The number of piperidine rings is 1. The summed E-state index contributed by atoms with van der Waals surface area (Å²) in [7, 11) is 5.75. The predicted octanol–water partition coefficient (Wildman–Crippen LogP) is 0.185. The maximum Gasteiger partial charge on any atom is 0.248 e. The van der Waals surface area contributed by atoms with Gasteiger partial charge in [0.25, 0.3) is 0 Å². The molecular weight excluding hydrogens is 180 g/mol. The van der Waals surface area contributed by atoms with E-state index >= 15 is 0 Å². The fourth-order valence-electron chi connectivity index (χ4n) is 1.85. The molecule has 1 aliphatic rings. The second-order valence-electron chi connectivity index (χ2n) is 4.01. The summed E-state index contributed by atoms with van der Waals surface area (Å²) in [5.74, 6) is 0.115. The van der Waals surface area contributed by atoms with E-state index in [2.05, 4.69) is 19.0 Å². The Kier molecular flexibility index (Phi) is 4.35. The van der Waals surface area contributed by atoms with Crippen molar-refractivity contribution in [1.82, 2.24) is 9.80 Å². The maximum absolute atomic E-state index is 11.5. The molecule has 1 fully saturated rings. The highest BCUT2D eigenvalue weighted by Gasteiger charge is 2.23. The van der Waals surface area contributed by atoms with Crippen molar-refractivity contribution in [3.63, 3.8) is 0 Å². The van der Waals surface area contributed by atoms with E-state index in [1.165, 1.54) is 0 Å². The molecule has 1 saturated heterocycles. The van der Waals surface area contributed by atoms with E-state index in [4.69, 9.17) is 4.74 Å². The van der Waals surface area contributed by atoms with Crippen LogP contribution >= 0.6 is 0 Å². The second kappa shape index (κ2) is 5.32. The number of methoxy groups -OCH3 is 1. The lowest BCUT2D eigenvalue weighted by atomic mass is 10.0. The molecule has 0 spiro atoms. The zero-order valence-corrected chi connectivity index (χ0v) is 9.32. The van der Waals surface area contributed by atoms with Gasteiger partial charge in [-0.25, -0.2) is 0 Å². The highest BCUT2D eigenvalue weighted by Crippen LogP contribution is 2.13. The number of carbonyl (C=O) groups excluding carboxylic acids is 1. The molecule has 0 aliphatic carbocycles. The molecule has 1 aliphatic heterocycles. The number of carbonyl (C=O) groups is 1. The number of amides is 1. The van der Waals surface area contributed by atoms with Crippen molar-refractivity contribution in [1.29, 1.82) is 0 Å². The van der Waals surface area contributed by atoms with Crippen LogP contribution in [-0.2, 0) is 9.53 Å². The van der Waals surface area contributed by atoms with Gasteiger partial charge in [0.2, 0.25) is 5.91 Å². The lowest BCUT2D eigenvalue weighted by molar-refractivity contribution is -0.136. The summed E-state index contributed by atoms with van der Waals surface area (Å²) in [5.41, 5.74) is 0. The molecule has 0 unspecified atom stereocenters. The SMILES string of the molecule is COCC(=O)N1CCC(N(C)C)CC1. The molecule has 0 aromatic rings. The summed E-state index contributed by atoms with van der Waals surface area (Å²) in [5, 5.41) is 0. The van der Waals surface area contributed by atoms with Gasteiger partial charge in [-0.15, -0.1) is 0 Å². The van der Waals surface area contributed by atoms with Crippen LogP contribution in [0.1, 0.15) is 12.8 Å². The molecule has 14 heavy (non-hydrogen) atoms. The predicted molar refractivity (Wildman–Crippen MR) is 55.2 cm³/mol. The van der Waals surface area contributed by atoms with E-state index in [1.807, 2.05) is 4.90 Å². The molecule has 0 aromatic heterocycles. The Morgan fingerprint density at radius 2 is 2.00 bits per heavy atom. The van der Waals surface area contributed by atoms with Crippen molar-refractivity contribution < 1.29 is 9.53 Å². The smallest absolute Gasteiger partial charge is 0.248 e. The first-order chi connectivity index (χ1) is 6.65. The minimum absolute atomic E-state index is 0.115. The first kappa shape index (κ1) is 11.5. The number of ether oxygens (including phenoxy) is 1. The molecule has 1 amide bonds. The van der Waals surface area contributed by atoms with Crippen LogP contribution in [-0.4, -0.2) is 62.7 Å². The molecule has 0 bridgehead atoms. The van der Waals surface area contributed by atoms with Crippen LogP contribution in [0.2, 0.25) is 0 Å². The molecule has 0 radical (unpaired) electrons. The average Bonchev–Trinajstić information content (AvgIpc) is 2.18. The van der Waals surface area contributed by atoms with Crippen molar-refractivity contribution in [2.75, 3.05) is 40.9 Å². The van der Waals surface area contributed by atoms with Gasteiger partial charge >= 0.3 is 0 Å². The zero-order chi connectivity index (χ0) is 10.6. The average molecular weight is 200 g/mol. The van der Waals surface area contributed by atoms with Crippen LogP contribution < -0.4 is 0 Å². The third kappa shape index (κ3) is 2.96. The van der Waals surface area contributed by atoms with E-state index in [1.54, 1.807) is 7.11 Å². The molecule has 82 valence electrons. The Hall–Kier alpha value is -0.610. The van der Waals surface area contributed by atoms with E-state index in [0.717, 1.165) is 25.9 Å². The van der Waals surface area contributed by atoms with Crippen molar-refractivity contribution in [2.45, 2.75) is 18.9 Å². The van der Waals surface area contributed by atoms with E-state index in [0.29, 0.717) is 6.04 Å². The Bertz CT molecular complexity index is 187. The summed E-state index contributed by atoms with van der Waals surface area (Å²) in [6, 6.07) is 0.626. The highest BCUT2D eigenvalue weighted by molar-refractivity contribution is 5.77. The number of rotatable bonds is 3. The van der Waals surface area contributed by atoms with Gasteiger partial charge in [0, 0.05) is 26.2 Å². The van der Waals surface area contributed by atoms with Crippen LogP contribution in [0.3, 0.4) is 0 Å². The second-order valence-corrected chi connectivity index (χ2v) is 4.01. The van der Waals surface area contributed by atoms with Gasteiger partial charge in [-0.05, 0) is 26.9 Å². The third-order valence-corrected chi connectivity index (χ3v) is 2.82. The fraction of sp³-hybridized carbons (Fsp3) is 0.900. The van der Waals surface area contributed by atoms with Crippen LogP contribution in [0.15, 0.2) is 0 Å². The van der Waals surface area contributed by atoms with Gasteiger partial charge in [0.15, 0.2) is 0 Å². The van der Waals surface area contributed by atoms with Crippen molar-refractivity contribution in [3.05, 3.63) is 0 Å².